The number of hydrogen-bond acceptors (Lipinski definition) is 3. The smallest absolute Gasteiger partial charge is 0.167 e. The molecule has 1 aliphatic rings. The molecule has 0 radical (unpaired) electrons. The summed E-state index contributed by atoms with van der Waals surface area (Å²) in [6.07, 6.45) is 3.66. The summed E-state index contributed by atoms with van der Waals surface area (Å²) in [5, 5.41) is 3.90. The Morgan fingerprint density at radius 3 is 2.88 bits per heavy atom. The first-order valence-electron chi connectivity index (χ1n) is 5.64. The average molecular weight is 214 g/mol. The third-order valence-electron chi connectivity index (χ3n) is 3.15. The van der Waals surface area contributed by atoms with Gasteiger partial charge in [-0.3, -0.25) is 0 Å². The van der Waals surface area contributed by atoms with E-state index in [1.807, 2.05) is 6.07 Å². The van der Waals surface area contributed by atoms with E-state index in [0.29, 0.717) is 6.54 Å². The van der Waals surface area contributed by atoms with E-state index in [-0.39, 0.29) is 0 Å². The molecule has 0 fully saturated rings. The first-order valence-corrected chi connectivity index (χ1v) is 5.64. The number of nitrogens with zero attached hydrogens (tertiary/aromatic N) is 1. The fraction of sp³-hybridized carbons (Fsp3) is 0.308. The molecule has 1 aliphatic carbocycles. The first-order chi connectivity index (χ1) is 7.86. The molecule has 0 spiro atoms. The van der Waals surface area contributed by atoms with Crippen molar-refractivity contribution in [1.82, 2.24) is 5.16 Å². The molecule has 3 rings (SSSR count). The minimum atomic E-state index is 0.425. The zero-order valence-electron chi connectivity index (χ0n) is 9.07. The van der Waals surface area contributed by atoms with Gasteiger partial charge in [0, 0.05) is 18.2 Å². The molecule has 0 atom stereocenters. The van der Waals surface area contributed by atoms with Gasteiger partial charge < -0.3 is 10.3 Å². The van der Waals surface area contributed by atoms with Crippen LogP contribution in [0.2, 0.25) is 0 Å². The Bertz CT molecular complexity index is 516. The fourth-order valence-corrected chi connectivity index (χ4v) is 2.27. The molecular weight excluding hydrogens is 200 g/mol. The van der Waals surface area contributed by atoms with Crippen LogP contribution in [-0.4, -0.2) is 5.16 Å². The Hall–Kier alpha value is -1.61. The summed E-state index contributed by atoms with van der Waals surface area (Å²) in [6.45, 7) is 0.425. The van der Waals surface area contributed by atoms with E-state index in [9.17, 15) is 0 Å². The van der Waals surface area contributed by atoms with Gasteiger partial charge in [-0.05, 0) is 36.5 Å². The monoisotopic (exact) mass is 214 g/mol. The normalized spacial score (nSPS) is 14.1. The lowest BCUT2D eigenvalue weighted by Gasteiger charge is -2.00. The van der Waals surface area contributed by atoms with Crippen LogP contribution in [-0.2, 0) is 19.4 Å². The molecule has 3 heteroatoms. The average Bonchev–Trinajstić information content (AvgIpc) is 2.96. The number of fused-ring (bicyclic) bond motifs is 1. The predicted molar refractivity (Wildman–Crippen MR) is 61.9 cm³/mol. The highest BCUT2D eigenvalue weighted by molar-refractivity contribution is 5.60. The SMILES string of the molecule is NCc1cc(-c2ccc3c(c2)CCC3)on1. The van der Waals surface area contributed by atoms with Crippen LogP contribution in [0.25, 0.3) is 11.3 Å². The van der Waals surface area contributed by atoms with Gasteiger partial charge in [0.2, 0.25) is 0 Å². The van der Waals surface area contributed by atoms with Crippen LogP contribution in [0.3, 0.4) is 0 Å². The first kappa shape index (κ1) is 9.60. The van der Waals surface area contributed by atoms with Gasteiger partial charge in [-0.1, -0.05) is 17.3 Å². The zero-order valence-corrected chi connectivity index (χ0v) is 9.07. The molecule has 1 aromatic heterocycles. The summed E-state index contributed by atoms with van der Waals surface area (Å²) >= 11 is 0. The molecule has 2 N–H and O–H groups in total. The second-order valence-electron chi connectivity index (χ2n) is 4.22. The van der Waals surface area contributed by atoms with Gasteiger partial charge in [0.05, 0.1) is 5.69 Å². The van der Waals surface area contributed by atoms with Crippen molar-refractivity contribution in [3.63, 3.8) is 0 Å². The van der Waals surface area contributed by atoms with Crippen molar-refractivity contribution < 1.29 is 4.52 Å². The highest BCUT2D eigenvalue weighted by Crippen LogP contribution is 2.28. The standard InChI is InChI=1S/C13H14N2O/c14-8-12-7-13(16-15-12)11-5-4-9-2-1-3-10(9)6-11/h4-7H,1-3,8,14H2. The summed E-state index contributed by atoms with van der Waals surface area (Å²) in [5.41, 5.74) is 10.3. The zero-order chi connectivity index (χ0) is 11.0. The maximum Gasteiger partial charge on any atom is 0.167 e. The Balaban J connectivity index is 2.00. The number of aromatic nitrogens is 1. The number of rotatable bonds is 2. The third-order valence-corrected chi connectivity index (χ3v) is 3.15. The van der Waals surface area contributed by atoms with Crippen molar-refractivity contribution >= 4 is 0 Å². The number of nitrogens with two attached hydrogens (primary N) is 1. The molecule has 82 valence electrons. The number of benzene rings is 1. The second kappa shape index (κ2) is 3.76. The molecule has 0 saturated heterocycles. The molecule has 1 aromatic carbocycles. The van der Waals surface area contributed by atoms with Gasteiger partial charge in [0.15, 0.2) is 5.76 Å². The van der Waals surface area contributed by atoms with Crippen molar-refractivity contribution in [3.05, 3.63) is 41.1 Å². The maximum absolute atomic E-state index is 5.51. The minimum absolute atomic E-state index is 0.425. The van der Waals surface area contributed by atoms with E-state index in [1.165, 1.54) is 30.4 Å². The molecule has 16 heavy (non-hydrogen) atoms. The summed E-state index contributed by atoms with van der Waals surface area (Å²) in [7, 11) is 0. The highest BCUT2D eigenvalue weighted by Gasteiger charge is 2.13. The topological polar surface area (TPSA) is 52.0 Å². The van der Waals surface area contributed by atoms with E-state index in [4.69, 9.17) is 10.3 Å². The molecule has 0 bridgehead atoms. The van der Waals surface area contributed by atoms with Gasteiger partial charge in [0.25, 0.3) is 0 Å². The molecule has 3 nitrogen and oxygen atoms in total. The van der Waals surface area contributed by atoms with Crippen LogP contribution in [0, 0.1) is 0 Å². The number of hydrogen-bond donors (Lipinski definition) is 1. The molecule has 1 heterocycles. The Morgan fingerprint density at radius 1 is 1.19 bits per heavy atom. The van der Waals surface area contributed by atoms with Gasteiger partial charge >= 0.3 is 0 Å². The lowest BCUT2D eigenvalue weighted by atomic mass is 10.0. The summed E-state index contributed by atoms with van der Waals surface area (Å²) in [6, 6.07) is 8.42. The molecule has 0 amide bonds. The highest BCUT2D eigenvalue weighted by atomic mass is 16.5. The molecule has 2 aromatic rings. The quantitative estimate of drug-likeness (QED) is 0.834. The second-order valence-corrected chi connectivity index (χ2v) is 4.22. The van der Waals surface area contributed by atoms with Crippen LogP contribution >= 0.6 is 0 Å². The molecule has 0 saturated carbocycles. The Kier molecular flexibility index (Phi) is 2.26. The van der Waals surface area contributed by atoms with E-state index in [1.54, 1.807) is 0 Å². The van der Waals surface area contributed by atoms with Gasteiger partial charge in [0.1, 0.15) is 0 Å². The van der Waals surface area contributed by atoms with Gasteiger partial charge in [-0.2, -0.15) is 0 Å². The van der Waals surface area contributed by atoms with E-state index in [2.05, 4.69) is 23.4 Å². The summed E-state index contributed by atoms with van der Waals surface area (Å²) in [4.78, 5) is 0. The van der Waals surface area contributed by atoms with Gasteiger partial charge in [-0.25, -0.2) is 0 Å². The predicted octanol–water partition coefficient (Wildman–Crippen LogP) is 2.29. The number of aryl methyl sites for hydroxylation is 2. The van der Waals surface area contributed by atoms with E-state index >= 15 is 0 Å². The summed E-state index contributed by atoms with van der Waals surface area (Å²) < 4.78 is 5.27. The lowest BCUT2D eigenvalue weighted by molar-refractivity contribution is 0.424. The van der Waals surface area contributed by atoms with Crippen LogP contribution < -0.4 is 5.73 Å². The molecular formula is C13H14N2O. The van der Waals surface area contributed by atoms with Gasteiger partial charge in [-0.15, -0.1) is 0 Å². The lowest BCUT2D eigenvalue weighted by Crippen LogP contribution is -1.94. The summed E-state index contributed by atoms with van der Waals surface area (Å²) in [5.74, 6) is 0.815. The maximum atomic E-state index is 5.51. The Labute approximate surface area is 94.2 Å². The minimum Gasteiger partial charge on any atom is -0.356 e. The molecule has 0 aliphatic heterocycles. The van der Waals surface area contributed by atoms with Crippen LogP contribution in [0.15, 0.2) is 28.8 Å². The van der Waals surface area contributed by atoms with E-state index < -0.39 is 0 Å². The third kappa shape index (κ3) is 1.53. The molecule has 0 unspecified atom stereocenters. The van der Waals surface area contributed by atoms with Crippen molar-refractivity contribution in [2.45, 2.75) is 25.8 Å². The fourth-order valence-electron chi connectivity index (χ4n) is 2.27. The van der Waals surface area contributed by atoms with Crippen LogP contribution in [0.4, 0.5) is 0 Å². The van der Waals surface area contributed by atoms with Crippen molar-refractivity contribution in [2.24, 2.45) is 5.73 Å². The Morgan fingerprint density at radius 2 is 2.06 bits per heavy atom. The van der Waals surface area contributed by atoms with Crippen LogP contribution in [0.1, 0.15) is 23.2 Å². The van der Waals surface area contributed by atoms with Crippen LogP contribution in [0.5, 0.6) is 0 Å². The van der Waals surface area contributed by atoms with Crippen molar-refractivity contribution in [2.75, 3.05) is 0 Å². The van der Waals surface area contributed by atoms with Crippen molar-refractivity contribution in [1.29, 1.82) is 0 Å². The van der Waals surface area contributed by atoms with Crippen molar-refractivity contribution in [3.8, 4) is 11.3 Å². The van der Waals surface area contributed by atoms with E-state index in [0.717, 1.165) is 17.0 Å². The largest absolute Gasteiger partial charge is 0.356 e.